The van der Waals surface area contributed by atoms with Gasteiger partial charge < -0.3 is 20.2 Å². The average molecular weight is 400 g/mol. The van der Waals surface area contributed by atoms with Crippen molar-refractivity contribution in [1.29, 1.82) is 0 Å². The van der Waals surface area contributed by atoms with E-state index in [1.54, 1.807) is 4.90 Å². The molecule has 7 nitrogen and oxygen atoms in total. The number of aromatic nitrogens is 1. The molecule has 0 saturated carbocycles. The van der Waals surface area contributed by atoms with Crippen LogP contribution >= 0.6 is 11.3 Å². The number of hydrogen-bond acceptors (Lipinski definition) is 5. The molecule has 2 saturated heterocycles. The Labute approximate surface area is 155 Å². The average Bonchev–Trinajstić information content (AvgIpc) is 2.93. The van der Waals surface area contributed by atoms with E-state index in [9.17, 15) is 22.8 Å². The molecular formula is C16H15F3N4O3S. The van der Waals surface area contributed by atoms with Gasteiger partial charge in [-0.3, -0.25) is 4.79 Å². The summed E-state index contributed by atoms with van der Waals surface area (Å²) in [7, 11) is 1.41. The second-order valence-electron chi connectivity index (χ2n) is 6.93. The van der Waals surface area contributed by atoms with Crippen LogP contribution in [0.5, 0.6) is 0 Å². The van der Waals surface area contributed by atoms with Crippen LogP contribution in [0.1, 0.15) is 15.9 Å². The van der Waals surface area contributed by atoms with Crippen molar-refractivity contribution in [3.8, 4) is 0 Å². The van der Waals surface area contributed by atoms with Crippen LogP contribution < -0.4 is 10.2 Å². The van der Waals surface area contributed by atoms with E-state index in [1.807, 2.05) is 0 Å². The number of pyridine rings is 1. The number of alkyl halides is 3. The Hall–Kier alpha value is -2.56. The number of thiophene rings is 1. The molecule has 0 unspecified atom stereocenters. The Balaban J connectivity index is 1.68. The van der Waals surface area contributed by atoms with Crippen LogP contribution in [-0.4, -0.2) is 60.2 Å². The third kappa shape index (κ3) is 2.76. The summed E-state index contributed by atoms with van der Waals surface area (Å²) in [6, 6.07) is 1.01. The first kappa shape index (κ1) is 17.8. The molecule has 2 aliphatic heterocycles. The third-order valence-electron chi connectivity index (χ3n) is 4.99. The number of likely N-dealkylation sites (tertiary alicyclic amines) is 1. The Bertz CT molecular complexity index is 944. The van der Waals surface area contributed by atoms with Crippen molar-refractivity contribution in [3.63, 3.8) is 0 Å². The lowest BCUT2D eigenvalue weighted by Gasteiger charge is -2.59. The molecule has 2 aromatic rings. The van der Waals surface area contributed by atoms with Gasteiger partial charge in [-0.1, -0.05) is 0 Å². The van der Waals surface area contributed by atoms with Gasteiger partial charge >= 0.3 is 12.3 Å². The van der Waals surface area contributed by atoms with E-state index < -0.39 is 23.7 Å². The Morgan fingerprint density at radius 3 is 2.52 bits per heavy atom. The number of nitrogens with one attached hydrogen (secondary N) is 1. The lowest BCUT2D eigenvalue weighted by molar-refractivity contribution is -0.136. The van der Waals surface area contributed by atoms with Crippen LogP contribution in [0.25, 0.3) is 10.2 Å². The van der Waals surface area contributed by atoms with Crippen LogP contribution in [-0.2, 0) is 6.18 Å². The fourth-order valence-corrected chi connectivity index (χ4v) is 4.71. The predicted molar refractivity (Wildman–Crippen MR) is 92.3 cm³/mol. The number of carbonyl (C=O) groups excluding carboxylic acids is 1. The van der Waals surface area contributed by atoms with Crippen LogP contribution in [0.4, 0.5) is 23.8 Å². The van der Waals surface area contributed by atoms with Crippen molar-refractivity contribution in [2.75, 3.05) is 38.1 Å². The number of amides is 2. The Kier molecular flexibility index (Phi) is 3.78. The largest absolute Gasteiger partial charge is 0.465 e. The summed E-state index contributed by atoms with van der Waals surface area (Å²) in [6.45, 7) is 1.61. The molecule has 2 aliphatic rings. The van der Waals surface area contributed by atoms with Gasteiger partial charge in [0.25, 0.3) is 5.91 Å². The zero-order valence-electron chi connectivity index (χ0n) is 14.1. The maximum Gasteiger partial charge on any atom is 0.417 e. The van der Waals surface area contributed by atoms with Gasteiger partial charge in [0.05, 0.1) is 21.3 Å². The van der Waals surface area contributed by atoms with E-state index in [-0.39, 0.29) is 27.0 Å². The number of fused-ring (bicyclic) bond motifs is 1. The smallest absolute Gasteiger partial charge is 0.417 e. The molecule has 0 radical (unpaired) electrons. The fraction of sp³-hybridized carbons (Fsp3) is 0.438. The SMILES string of the molecule is CNC(=O)c1csc2c(C(F)(F)F)cc(N3CC4(CN(C(=O)O)C4)C3)nc12. The zero-order valence-corrected chi connectivity index (χ0v) is 14.9. The van der Waals surface area contributed by atoms with E-state index in [0.29, 0.717) is 26.2 Å². The first-order chi connectivity index (χ1) is 12.6. The van der Waals surface area contributed by atoms with Gasteiger partial charge in [-0.05, 0) is 6.07 Å². The zero-order chi connectivity index (χ0) is 19.6. The molecule has 2 aromatic heterocycles. The van der Waals surface area contributed by atoms with Gasteiger partial charge in [0.15, 0.2) is 0 Å². The molecule has 0 bridgehead atoms. The van der Waals surface area contributed by atoms with E-state index >= 15 is 0 Å². The highest BCUT2D eigenvalue weighted by atomic mass is 32.1. The van der Waals surface area contributed by atoms with Crippen LogP contribution in [0.3, 0.4) is 0 Å². The summed E-state index contributed by atoms with van der Waals surface area (Å²) in [6.07, 6.45) is -5.56. The minimum atomic E-state index is -4.57. The van der Waals surface area contributed by atoms with Gasteiger partial charge in [-0.2, -0.15) is 13.2 Å². The van der Waals surface area contributed by atoms with E-state index in [1.165, 1.54) is 17.3 Å². The maximum absolute atomic E-state index is 13.5. The summed E-state index contributed by atoms with van der Waals surface area (Å²) in [5.41, 5.74) is -0.887. The van der Waals surface area contributed by atoms with Gasteiger partial charge in [0.1, 0.15) is 5.82 Å². The molecule has 27 heavy (non-hydrogen) atoms. The molecule has 2 N–H and O–H groups in total. The van der Waals surface area contributed by atoms with Crippen molar-refractivity contribution in [1.82, 2.24) is 15.2 Å². The number of anilines is 1. The third-order valence-corrected chi connectivity index (χ3v) is 5.99. The minimum Gasteiger partial charge on any atom is -0.465 e. The molecule has 144 valence electrons. The number of carboxylic acid groups (broad SMARTS) is 1. The second kappa shape index (κ2) is 5.72. The Morgan fingerprint density at radius 2 is 1.96 bits per heavy atom. The second-order valence-corrected chi connectivity index (χ2v) is 7.81. The van der Waals surface area contributed by atoms with Gasteiger partial charge in [0.2, 0.25) is 0 Å². The molecule has 2 fully saturated rings. The van der Waals surface area contributed by atoms with Crippen molar-refractivity contribution >= 4 is 39.4 Å². The van der Waals surface area contributed by atoms with E-state index in [4.69, 9.17) is 5.11 Å². The molecule has 4 heterocycles. The maximum atomic E-state index is 13.5. The first-order valence-electron chi connectivity index (χ1n) is 8.08. The quantitative estimate of drug-likeness (QED) is 0.809. The number of hydrogen-bond donors (Lipinski definition) is 2. The first-order valence-corrected chi connectivity index (χ1v) is 8.96. The van der Waals surface area contributed by atoms with Gasteiger partial charge in [0, 0.05) is 44.0 Å². The van der Waals surface area contributed by atoms with Crippen LogP contribution in [0.2, 0.25) is 0 Å². The molecule has 2 amide bonds. The monoisotopic (exact) mass is 400 g/mol. The molecular weight excluding hydrogens is 385 g/mol. The van der Waals surface area contributed by atoms with Crippen molar-refractivity contribution < 1.29 is 27.9 Å². The lowest BCUT2D eigenvalue weighted by Crippen LogP contribution is -2.73. The van der Waals surface area contributed by atoms with Gasteiger partial charge in [-0.15, -0.1) is 11.3 Å². The number of halogens is 3. The van der Waals surface area contributed by atoms with Crippen LogP contribution in [0, 0.1) is 5.41 Å². The summed E-state index contributed by atoms with van der Waals surface area (Å²) in [5, 5.41) is 12.7. The summed E-state index contributed by atoms with van der Waals surface area (Å²) >= 11 is 0.842. The highest BCUT2D eigenvalue weighted by Gasteiger charge is 2.54. The molecule has 11 heteroatoms. The fourth-order valence-electron chi connectivity index (χ4n) is 3.69. The van der Waals surface area contributed by atoms with Crippen molar-refractivity contribution in [3.05, 3.63) is 22.6 Å². The minimum absolute atomic E-state index is 0.0332. The molecule has 4 rings (SSSR count). The Morgan fingerprint density at radius 1 is 1.30 bits per heavy atom. The lowest BCUT2D eigenvalue weighted by atomic mass is 9.73. The molecule has 0 aromatic carbocycles. The van der Waals surface area contributed by atoms with Crippen molar-refractivity contribution in [2.24, 2.45) is 5.41 Å². The highest BCUT2D eigenvalue weighted by molar-refractivity contribution is 7.17. The number of carbonyl (C=O) groups is 2. The molecule has 0 aliphatic carbocycles. The molecule has 1 spiro atoms. The normalized spacial score (nSPS) is 18.4. The van der Waals surface area contributed by atoms with Crippen LogP contribution in [0.15, 0.2) is 11.4 Å². The summed E-state index contributed by atoms with van der Waals surface area (Å²) < 4.78 is 40.5. The number of nitrogens with zero attached hydrogens (tertiary/aromatic N) is 3. The van der Waals surface area contributed by atoms with E-state index in [0.717, 1.165) is 17.4 Å². The predicted octanol–water partition coefficient (Wildman–Crippen LogP) is 2.47. The standard InChI is InChI=1S/C16H15F3N4O3S/c1-20-13(24)8-3-27-12-9(16(17,18)19)2-10(21-11(8)12)22-4-15(5-22)6-23(7-15)14(25)26/h2-3H,4-7H2,1H3,(H,20,24)(H,25,26). The highest BCUT2D eigenvalue weighted by Crippen LogP contribution is 2.45. The summed E-state index contributed by atoms with van der Waals surface area (Å²) in [5.74, 6) is -0.340. The topological polar surface area (TPSA) is 85.8 Å². The van der Waals surface area contributed by atoms with Crippen molar-refractivity contribution in [2.45, 2.75) is 6.18 Å². The number of rotatable bonds is 2. The summed E-state index contributed by atoms with van der Waals surface area (Å²) in [4.78, 5) is 30.2. The molecule has 0 atom stereocenters. The van der Waals surface area contributed by atoms with E-state index in [2.05, 4.69) is 10.3 Å². The van der Waals surface area contributed by atoms with Gasteiger partial charge in [-0.25, -0.2) is 9.78 Å².